The number of pyridine rings is 1. The predicted octanol–water partition coefficient (Wildman–Crippen LogP) is 3.74. The van der Waals surface area contributed by atoms with E-state index in [1.165, 1.54) is 11.3 Å². The molecule has 3 aromatic rings. The summed E-state index contributed by atoms with van der Waals surface area (Å²) in [6, 6.07) is 4.06. The van der Waals surface area contributed by atoms with Gasteiger partial charge in [0.2, 0.25) is 10.1 Å². The Kier molecular flexibility index (Phi) is 6.56. The quantitative estimate of drug-likeness (QED) is 0.521. The number of carbonyl (C=O) groups is 1. The summed E-state index contributed by atoms with van der Waals surface area (Å²) >= 11 is 3.14. The lowest BCUT2D eigenvalue weighted by atomic mass is 9.91. The van der Waals surface area contributed by atoms with Crippen LogP contribution in [0.5, 0.6) is 0 Å². The molecule has 0 saturated carbocycles. The highest BCUT2D eigenvalue weighted by Crippen LogP contribution is 2.34. The summed E-state index contributed by atoms with van der Waals surface area (Å²) in [6.07, 6.45) is 4.39. The van der Waals surface area contributed by atoms with E-state index in [4.69, 9.17) is 9.84 Å². The number of rotatable bonds is 5. The van der Waals surface area contributed by atoms with E-state index < -0.39 is 17.3 Å². The maximum Gasteiger partial charge on any atom is 0.407 e. The smallest absolute Gasteiger partial charge is 0.407 e. The van der Waals surface area contributed by atoms with Crippen LogP contribution in [-0.4, -0.2) is 67.9 Å². The van der Waals surface area contributed by atoms with Gasteiger partial charge < -0.3 is 20.1 Å². The number of thioether (sulfide) groups is 1. The van der Waals surface area contributed by atoms with Gasteiger partial charge in [0.05, 0.1) is 17.5 Å². The van der Waals surface area contributed by atoms with E-state index in [2.05, 4.69) is 26.3 Å². The Morgan fingerprint density at radius 3 is 2.73 bits per heavy atom. The zero-order valence-corrected chi connectivity index (χ0v) is 21.2. The number of aromatic nitrogens is 4. The molecule has 0 bridgehead atoms. The highest BCUT2D eigenvalue weighted by atomic mass is 32.2. The van der Waals surface area contributed by atoms with Crippen LogP contribution in [0.4, 0.5) is 9.93 Å². The van der Waals surface area contributed by atoms with Crippen molar-refractivity contribution in [2.45, 2.75) is 56.8 Å². The third-order valence-corrected chi connectivity index (χ3v) is 7.15. The Labute approximate surface area is 201 Å². The molecule has 4 rings (SSSR count). The fourth-order valence-electron chi connectivity index (χ4n) is 3.72. The van der Waals surface area contributed by atoms with E-state index >= 15 is 0 Å². The van der Waals surface area contributed by atoms with E-state index in [1.807, 2.05) is 50.7 Å². The van der Waals surface area contributed by atoms with Crippen molar-refractivity contribution in [1.29, 1.82) is 0 Å². The van der Waals surface area contributed by atoms with Crippen molar-refractivity contribution in [3.8, 4) is 11.3 Å². The van der Waals surface area contributed by atoms with E-state index in [-0.39, 0.29) is 6.54 Å². The molecule has 1 aliphatic rings. The zero-order valence-electron chi connectivity index (χ0n) is 19.6. The van der Waals surface area contributed by atoms with Gasteiger partial charge in [-0.25, -0.2) is 19.3 Å². The first-order valence-corrected chi connectivity index (χ1v) is 12.9. The van der Waals surface area contributed by atoms with Crippen LogP contribution in [-0.2, 0) is 4.74 Å². The molecule has 0 spiro atoms. The van der Waals surface area contributed by atoms with Crippen molar-refractivity contribution in [2.75, 3.05) is 30.8 Å². The van der Waals surface area contributed by atoms with Gasteiger partial charge in [0, 0.05) is 30.9 Å². The normalized spacial score (nSPS) is 16.2. The minimum Gasteiger partial charge on any atom is -0.444 e. The molecule has 178 valence electrons. The summed E-state index contributed by atoms with van der Waals surface area (Å²) in [7, 11) is 0. The standard InChI is InChI=1S/C22H30N6O3S2/c1-14-6-7-15(17(25-14)32-5)16-12-23-18-28(16)26-19(33-18)27-10-8-22(30,9-11-27)13-24-20(29)31-21(2,3)4/h6-7,12,30H,8-11,13H2,1-5H3,(H,24,29). The van der Waals surface area contributed by atoms with Crippen LogP contribution in [0, 0.1) is 6.92 Å². The minimum absolute atomic E-state index is 0.166. The molecule has 11 heteroatoms. The Balaban J connectivity index is 1.44. The molecule has 0 aromatic carbocycles. The highest BCUT2D eigenvalue weighted by Gasteiger charge is 2.34. The summed E-state index contributed by atoms with van der Waals surface area (Å²) in [5.74, 6) is 0. The number of nitrogens with one attached hydrogen (secondary N) is 1. The van der Waals surface area contributed by atoms with Gasteiger partial charge in [0.1, 0.15) is 10.6 Å². The molecule has 2 N–H and O–H groups in total. The van der Waals surface area contributed by atoms with Gasteiger partial charge in [-0.2, -0.15) is 0 Å². The average Bonchev–Trinajstić information content (AvgIpc) is 3.33. The number of aryl methyl sites for hydroxylation is 1. The number of ether oxygens (including phenoxy) is 1. The zero-order chi connectivity index (χ0) is 23.8. The summed E-state index contributed by atoms with van der Waals surface area (Å²) in [6.45, 7) is 8.87. The number of hydrogen-bond donors (Lipinski definition) is 2. The monoisotopic (exact) mass is 490 g/mol. The molecule has 1 saturated heterocycles. The van der Waals surface area contributed by atoms with Gasteiger partial charge in [0.25, 0.3) is 0 Å². The Morgan fingerprint density at radius 1 is 1.33 bits per heavy atom. The van der Waals surface area contributed by atoms with Gasteiger partial charge in [-0.15, -0.1) is 16.9 Å². The lowest BCUT2D eigenvalue weighted by Crippen LogP contribution is -2.51. The Bertz CT molecular complexity index is 1140. The number of hydrogen-bond acceptors (Lipinski definition) is 9. The summed E-state index contributed by atoms with van der Waals surface area (Å²) in [4.78, 5) is 24.1. The summed E-state index contributed by atoms with van der Waals surface area (Å²) < 4.78 is 7.14. The van der Waals surface area contributed by atoms with Crippen molar-refractivity contribution in [3.63, 3.8) is 0 Å². The van der Waals surface area contributed by atoms with E-state index in [1.54, 1.807) is 11.8 Å². The number of aliphatic hydroxyl groups is 1. The molecule has 0 atom stereocenters. The van der Waals surface area contributed by atoms with Crippen LogP contribution in [0.2, 0.25) is 0 Å². The van der Waals surface area contributed by atoms with Gasteiger partial charge in [-0.05, 0) is 58.9 Å². The molecular weight excluding hydrogens is 460 g/mol. The molecule has 3 aromatic heterocycles. The van der Waals surface area contributed by atoms with Crippen LogP contribution in [0.25, 0.3) is 16.2 Å². The molecule has 0 unspecified atom stereocenters. The number of carbonyl (C=O) groups excluding carboxylic acids is 1. The lowest BCUT2D eigenvalue weighted by molar-refractivity contribution is 0.00798. The van der Waals surface area contributed by atoms with Crippen molar-refractivity contribution in [1.82, 2.24) is 24.9 Å². The number of amides is 1. The molecule has 9 nitrogen and oxygen atoms in total. The molecule has 0 radical (unpaired) electrons. The van der Waals surface area contributed by atoms with E-state index in [9.17, 15) is 9.90 Å². The molecule has 0 aliphatic carbocycles. The van der Waals surface area contributed by atoms with Gasteiger partial charge in [-0.3, -0.25) is 0 Å². The maximum atomic E-state index is 11.9. The third kappa shape index (κ3) is 5.42. The number of piperidine rings is 1. The molecule has 4 heterocycles. The minimum atomic E-state index is -0.962. The highest BCUT2D eigenvalue weighted by molar-refractivity contribution is 7.98. The van der Waals surface area contributed by atoms with Crippen LogP contribution >= 0.6 is 23.1 Å². The van der Waals surface area contributed by atoms with Crippen LogP contribution in [0.3, 0.4) is 0 Å². The summed E-state index contributed by atoms with van der Waals surface area (Å²) in [5.41, 5.74) is 1.38. The van der Waals surface area contributed by atoms with Gasteiger partial charge in [0.15, 0.2) is 0 Å². The SMILES string of the molecule is CSc1nc(C)ccc1-c1cnc2sc(N3CCC(O)(CNC(=O)OC(C)(C)C)CC3)nn12. The van der Waals surface area contributed by atoms with Gasteiger partial charge in [-0.1, -0.05) is 11.3 Å². The molecule has 33 heavy (non-hydrogen) atoms. The second-order valence-corrected chi connectivity index (χ2v) is 11.0. The van der Waals surface area contributed by atoms with Crippen molar-refractivity contribution < 1.29 is 14.6 Å². The van der Waals surface area contributed by atoms with Crippen molar-refractivity contribution in [3.05, 3.63) is 24.0 Å². The average molecular weight is 491 g/mol. The topological polar surface area (TPSA) is 105 Å². The second-order valence-electron chi connectivity index (χ2n) is 9.30. The van der Waals surface area contributed by atoms with Crippen LogP contribution in [0.1, 0.15) is 39.3 Å². The van der Waals surface area contributed by atoms with Crippen LogP contribution < -0.4 is 10.2 Å². The van der Waals surface area contributed by atoms with Crippen molar-refractivity contribution >= 4 is 39.3 Å². The van der Waals surface area contributed by atoms with E-state index in [0.29, 0.717) is 25.9 Å². The summed E-state index contributed by atoms with van der Waals surface area (Å²) in [5, 5.41) is 20.3. The largest absolute Gasteiger partial charge is 0.444 e. The van der Waals surface area contributed by atoms with Gasteiger partial charge >= 0.3 is 6.09 Å². The number of alkyl carbamates (subject to hydrolysis) is 1. The number of fused-ring (bicyclic) bond motifs is 1. The maximum absolute atomic E-state index is 11.9. The Morgan fingerprint density at radius 2 is 2.06 bits per heavy atom. The first-order valence-electron chi connectivity index (χ1n) is 10.9. The molecular formula is C22H30N6O3S2. The first kappa shape index (κ1) is 23.8. The number of anilines is 1. The fourth-order valence-corrected chi connectivity index (χ4v) is 5.28. The van der Waals surface area contributed by atoms with Crippen LogP contribution in [0.15, 0.2) is 23.4 Å². The fraction of sp³-hybridized carbons (Fsp3) is 0.545. The first-order chi connectivity index (χ1) is 15.6. The third-order valence-electron chi connectivity index (χ3n) is 5.47. The van der Waals surface area contributed by atoms with E-state index in [0.717, 1.165) is 32.1 Å². The molecule has 1 aliphatic heterocycles. The predicted molar refractivity (Wildman–Crippen MR) is 131 cm³/mol. The second kappa shape index (κ2) is 9.11. The molecule has 1 fully saturated rings. The Hall–Kier alpha value is -2.37. The number of imidazole rings is 1. The van der Waals surface area contributed by atoms with Crippen molar-refractivity contribution in [2.24, 2.45) is 0 Å². The molecule has 1 amide bonds. The lowest BCUT2D eigenvalue weighted by Gasteiger charge is -2.38. The number of nitrogens with zero attached hydrogens (tertiary/aromatic N) is 5.